The van der Waals surface area contributed by atoms with Gasteiger partial charge in [0.2, 0.25) is 0 Å². The average Bonchev–Trinajstić information content (AvgIpc) is 2.09. The van der Waals surface area contributed by atoms with Gasteiger partial charge in [-0.2, -0.15) is 0 Å². The number of aliphatic hydroxyl groups is 1. The maximum absolute atomic E-state index is 8.49. The minimum Gasteiger partial charge on any atom is -0.392 e. The molecule has 0 saturated carbocycles. The number of allylic oxidation sites excluding steroid dienone is 1. The van der Waals surface area contributed by atoms with Gasteiger partial charge in [-0.25, -0.2) is 0 Å². The summed E-state index contributed by atoms with van der Waals surface area (Å²) in [5.74, 6) is 0. The van der Waals surface area contributed by atoms with Gasteiger partial charge >= 0.3 is 0 Å². The monoisotopic (exact) mass is 226 g/mol. The van der Waals surface area contributed by atoms with Gasteiger partial charge in [0.25, 0.3) is 0 Å². The van der Waals surface area contributed by atoms with Crippen LogP contribution in [0.25, 0.3) is 0 Å². The zero-order valence-electron chi connectivity index (χ0n) is 6.70. The molecule has 1 rings (SSSR count). The minimum atomic E-state index is 0.122. The molecule has 0 aliphatic carbocycles. The largest absolute Gasteiger partial charge is 0.392 e. The van der Waals surface area contributed by atoms with Crippen LogP contribution in [0.2, 0.25) is 0 Å². The van der Waals surface area contributed by atoms with E-state index in [0.717, 1.165) is 10.9 Å². The first-order valence-corrected chi connectivity index (χ1v) is 4.62. The summed E-state index contributed by atoms with van der Waals surface area (Å²) in [5.41, 5.74) is 1.25. The number of aliphatic hydroxyl groups excluding tert-OH is 1. The highest BCUT2D eigenvalue weighted by molar-refractivity contribution is 9.10. The van der Waals surface area contributed by atoms with Gasteiger partial charge in [0.1, 0.15) is 0 Å². The van der Waals surface area contributed by atoms with Crippen LogP contribution in [0.3, 0.4) is 0 Å². The van der Waals surface area contributed by atoms with Crippen LogP contribution in [0.5, 0.6) is 0 Å². The smallest absolute Gasteiger partial charge is 0.0612 e. The first-order chi connectivity index (χ1) is 5.83. The van der Waals surface area contributed by atoms with E-state index < -0.39 is 0 Å². The topological polar surface area (TPSA) is 20.2 Å². The Balaban J connectivity index is 2.53. The maximum Gasteiger partial charge on any atom is 0.0612 e. The number of hydrogen-bond donors (Lipinski definition) is 1. The predicted molar refractivity (Wildman–Crippen MR) is 54.1 cm³/mol. The fourth-order valence-electron chi connectivity index (χ4n) is 0.914. The molecule has 0 aliphatic rings. The van der Waals surface area contributed by atoms with Gasteiger partial charge in [0.05, 0.1) is 6.61 Å². The van der Waals surface area contributed by atoms with E-state index in [9.17, 15) is 0 Å². The third kappa shape index (κ3) is 3.20. The molecule has 0 saturated heterocycles. The van der Waals surface area contributed by atoms with Crippen LogP contribution < -0.4 is 0 Å². The van der Waals surface area contributed by atoms with Gasteiger partial charge in [-0.05, 0) is 24.1 Å². The van der Waals surface area contributed by atoms with E-state index >= 15 is 0 Å². The Labute approximate surface area is 80.9 Å². The second-order valence-corrected chi connectivity index (χ2v) is 3.40. The van der Waals surface area contributed by atoms with Crippen molar-refractivity contribution >= 4 is 15.9 Å². The van der Waals surface area contributed by atoms with Crippen molar-refractivity contribution in [1.29, 1.82) is 0 Å². The Morgan fingerprint density at radius 3 is 2.42 bits per heavy atom. The second-order valence-electron chi connectivity index (χ2n) is 2.48. The first kappa shape index (κ1) is 9.49. The van der Waals surface area contributed by atoms with Crippen molar-refractivity contribution in [2.45, 2.75) is 6.42 Å². The van der Waals surface area contributed by atoms with Crippen LogP contribution in [0, 0.1) is 0 Å². The van der Waals surface area contributed by atoms with Crippen LogP contribution in [0.15, 0.2) is 40.9 Å². The lowest BCUT2D eigenvalue weighted by atomic mass is 10.1. The molecule has 0 atom stereocenters. The van der Waals surface area contributed by atoms with E-state index in [-0.39, 0.29) is 6.61 Å². The summed E-state index contributed by atoms with van der Waals surface area (Å²) >= 11 is 3.37. The Morgan fingerprint density at radius 1 is 1.17 bits per heavy atom. The molecule has 64 valence electrons. The highest BCUT2D eigenvalue weighted by Crippen LogP contribution is 2.10. The number of halogens is 1. The standard InChI is InChI=1S/C10H11BrO/c11-10-6-4-9(5-7-10)3-1-2-8-12/h1-2,4-7,12H,3,8H2. The Bertz CT molecular complexity index is 251. The van der Waals surface area contributed by atoms with E-state index in [1.165, 1.54) is 5.56 Å². The summed E-state index contributed by atoms with van der Waals surface area (Å²) in [6.45, 7) is 0.122. The molecule has 1 aromatic carbocycles. The molecule has 1 N–H and O–H groups in total. The molecule has 0 aromatic heterocycles. The lowest BCUT2D eigenvalue weighted by Gasteiger charge is -1.95. The van der Waals surface area contributed by atoms with Gasteiger partial charge in [-0.15, -0.1) is 0 Å². The molecule has 0 fully saturated rings. The van der Waals surface area contributed by atoms with Crippen molar-refractivity contribution < 1.29 is 5.11 Å². The molecule has 12 heavy (non-hydrogen) atoms. The van der Waals surface area contributed by atoms with Crippen molar-refractivity contribution in [2.75, 3.05) is 6.61 Å². The lowest BCUT2D eigenvalue weighted by Crippen LogP contribution is -1.80. The van der Waals surface area contributed by atoms with Crippen LogP contribution in [0.4, 0.5) is 0 Å². The fourth-order valence-corrected chi connectivity index (χ4v) is 1.18. The van der Waals surface area contributed by atoms with Crippen LogP contribution >= 0.6 is 15.9 Å². The van der Waals surface area contributed by atoms with Crippen LogP contribution in [-0.4, -0.2) is 11.7 Å². The van der Waals surface area contributed by atoms with Gasteiger partial charge in [-0.3, -0.25) is 0 Å². The number of rotatable bonds is 3. The Kier molecular flexibility index (Phi) is 4.05. The van der Waals surface area contributed by atoms with Gasteiger partial charge < -0.3 is 5.11 Å². The summed E-state index contributed by atoms with van der Waals surface area (Å²) < 4.78 is 1.09. The Hall–Kier alpha value is -0.600. The predicted octanol–water partition coefficient (Wildman–Crippen LogP) is 2.54. The highest BCUT2D eigenvalue weighted by atomic mass is 79.9. The van der Waals surface area contributed by atoms with Crippen LogP contribution in [0.1, 0.15) is 5.56 Å². The molecular weight excluding hydrogens is 216 g/mol. The zero-order chi connectivity index (χ0) is 8.81. The van der Waals surface area contributed by atoms with Gasteiger partial charge in [0, 0.05) is 4.47 Å². The zero-order valence-corrected chi connectivity index (χ0v) is 8.29. The van der Waals surface area contributed by atoms with Crippen molar-refractivity contribution in [3.05, 3.63) is 46.5 Å². The summed E-state index contributed by atoms with van der Waals surface area (Å²) in [6.07, 6.45) is 4.60. The summed E-state index contributed by atoms with van der Waals surface area (Å²) in [6, 6.07) is 8.15. The van der Waals surface area contributed by atoms with E-state index in [2.05, 4.69) is 28.1 Å². The molecule has 0 heterocycles. The molecule has 0 radical (unpaired) electrons. The van der Waals surface area contributed by atoms with Crippen molar-refractivity contribution in [3.8, 4) is 0 Å². The number of benzene rings is 1. The van der Waals surface area contributed by atoms with E-state index in [1.54, 1.807) is 6.08 Å². The third-order valence-corrected chi connectivity index (χ3v) is 2.07. The van der Waals surface area contributed by atoms with E-state index in [0.29, 0.717) is 0 Å². The first-order valence-electron chi connectivity index (χ1n) is 3.83. The molecule has 1 nitrogen and oxygen atoms in total. The summed E-state index contributed by atoms with van der Waals surface area (Å²) in [4.78, 5) is 0. The van der Waals surface area contributed by atoms with Crippen molar-refractivity contribution in [1.82, 2.24) is 0 Å². The molecule has 0 aliphatic heterocycles. The quantitative estimate of drug-likeness (QED) is 0.786. The normalized spacial score (nSPS) is 10.8. The second kappa shape index (κ2) is 5.12. The minimum absolute atomic E-state index is 0.122. The van der Waals surface area contributed by atoms with E-state index in [4.69, 9.17) is 5.11 Å². The maximum atomic E-state index is 8.49. The van der Waals surface area contributed by atoms with Gasteiger partial charge in [0.15, 0.2) is 0 Å². The molecular formula is C10H11BrO. The summed E-state index contributed by atoms with van der Waals surface area (Å²) in [7, 11) is 0. The molecule has 0 spiro atoms. The highest BCUT2D eigenvalue weighted by Gasteiger charge is 1.88. The molecule has 1 aromatic rings. The average molecular weight is 227 g/mol. The number of hydrogen-bond acceptors (Lipinski definition) is 1. The molecule has 0 unspecified atom stereocenters. The fraction of sp³-hybridized carbons (Fsp3) is 0.200. The Morgan fingerprint density at radius 2 is 1.83 bits per heavy atom. The lowest BCUT2D eigenvalue weighted by molar-refractivity contribution is 0.342. The van der Waals surface area contributed by atoms with Crippen molar-refractivity contribution in [2.24, 2.45) is 0 Å². The third-order valence-electron chi connectivity index (χ3n) is 1.54. The van der Waals surface area contributed by atoms with Gasteiger partial charge in [-0.1, -0.05) is 40.2 Å². The SMILES string of the molecule is OCC=CCc1ccc(Br)cc1. The summed E-state index contributed by atoms with van der Waals surface area (Å²) in [5, 5.41) is 8.49. The van der Waals surface area contributed by atoms with Crippen molar-refractivity contribution in [3.63, 3.8) is 0 Å². The molecule has 2 heteroatoms. The molecule has 0 bridgehead atoms. The van der Waals surface area contributed by atoms with E-state index in [1.807, 2.05) is 18.2 Å². The molecule has 0 amide bonds. The van der Waals surface area contributed by atoms with Crippen LogP contribution in [-0.2, 0) is 6.42 Å².